The van der Waals surface area contributed by atoms with Crippen LogP contribution in [0.2, 0.25) is 0 Å². The molecule has 5 aromatic carbocycles. The van der Waals surface area contributed by atoms with Gasteiger partial charge in [0.05, 0.1) is 52.3 Å². The van der Waals surface area contributed by atoms with Crippen LogP contribution in [-0.2, 0) is 70.8 Å². The Hall–Kier alpha value is -4.75. The van der Waals surface area contributed by atoms with E-state index in [1.807, 2.05) is 152 Å². The van der Waals surface area contributed by atoms with Crippen LogP contribution in [-0.4, -0.2) is 75.2 Å². The lowest BCUT2D eigenvalue weighted by atomic mass is 9.95. The molecule has 10 heteroatoms. The van der Waals surface area contributed by atoms with Gasteiger partial charge in [-0.25, -0.2) is 0 Å². The highest BCUT2D eigenvalue weighted by Gasteiger charge is 2.49. The van der Waals surface area contributed by atoms with Gasteiger partial charge in [-0.05, 0) is 34.2 Å². The van der Waals surface area contributed by atoms with Crippen LogP contribution < -0.4 is 10.6 Å². The number of amides is 1. The number of carbonyl (C=O) groups is 1. The number of hydrogen-bond donors (Lipinski definition) is 2. The lowest BCUT2D eigenvalue weighted by Crippen LogP contribution is -2.67. The van der Waals surface area contributed by atoms with Gasteiger partial charge in [-0.3, -0.25) is 4.79 Å². The Morgan fingerprint density at radius 1 is 0.623 bits per heavy atom. The Morgan fingerprint density at radius 3 is 1.61 bits per heavy atom. The van der Waals surface area contributed by atoms with Crippen molar-refractivity contribution in [2.45, 2.75) is 96.1 Å². The van der Waals surface area contributed by atoms with Crippen molar-refractivity contribution in [1.82, 2.24) is 10.6 Å². The number of nitrogens with one attached hydrogen (secondary N) is 2. The summed E-state index contributed by atoms with van der Waals surface area (Å²) in [6.07, 6.45) is -2.20. The molecule has 1 amide bonds. The van der Waals surface area contributed by atoms with Crippen LogP contribution in [0.25, 0.3) is 0 Å². The van der Waals surface area contributed by atoms with Gasteiger partial charge in [-0.15, -0.1) is 0 Å². The Morgan fingerprint density at radius 2 is 1.08 bits per heavy atom. The van der Waals surface area contributed by atoms with E-state index in [9.17, 15) is 4.79 Å². The first-order valence-electron chi connectivity index (χ1n) is 21.4. The van der Waals surface area contributed by atoms with Crippen molar-refractivity contribution in [1.29, 1.82) is 0 Å². The van der Waals surface area contributed by atoms with Crippen LogP contribution in [0.15, 0.2) is 152 Å². The Balaban J connectivity index is 1.18. The van der Waals surface area contributed by atoms with Gasteiger partial charge < -0.3 is 43.8 Å². The number of ether oxygens (including phenoxy) is 7. The van der Waals surface area contributed by atoms with Gasteiger partial charge in [0.25, 0.3) is 0 Å². The van der Waals surface area contributed by atoms with Crippen molar-refractivity contribution in [2.75, 3.05) is 26.4 Å². The molecule has 2 saturated heterocycles. The van der Waals surface area contributed by atoms with Crippen LogP contribution in [0.4, 0.5) is 0 Å². The minimum absolute atomic E-state index is 0.0321. The topological polar surface area (TPSA) is 106 Å². The monoisotopic (exact) mass is 828 g/mol. The highest BCUT2D eigenvalue weighted by Crippen LogP contribution is 2.30. The first-order valence-corrected chi connectivity index (χ1v) is 21.4. The molecule has 0 saturated carbocycles. The Labute approximate surface area is 360 Å². The average Bonchev–Trinajstić information content (AvgIpc) is 3.29. The van der Waals surface area contributed by atoms with Gasteiger partial charge in [0, 0.05) is 18.4 Å². The molecule has 322 valence electrons. The molecule has 0 spiro atoms. The molecule has 0 aromatic heterocycles. The van der Waals surface area contributed by atoms with Crippen LogP contribution in [0.5, 0.6) is 0 Å². The van der Waals surface area contributed by atoms with Gasteiger partial charge in [0.2, 0.25) is 5.91 Å². The van der Waals surface area contributed by atoms with Gasteiger partial charge in [0.1, 0.15) is 24.4 Å². The van der Waals surface area contributed by atoms with Crippen LogP contribution >= 0.6 is 0 Å². The summed E-state index contributed by atoms with van der Waals surface area (Å²) >= 11 is 0. The smallest absolute Gasteiger partial charge is 0.237 e. The molecular formula is C51H60N2O8. The molecule has 10 nitrogen and oxygen atoms in total. The normalized spacial score (nSPS) is 22.0. The predicted molar refractivity (Wildman–Crippen MR) is 234 cm³/mol. The Kier molecular flexibility index (Phi) is 16.6. The third kappa shape index (κ3) is 13.9. The molecule has 0 aliphatic carbocycles. The molecule has 6 atom stereocenters. The van der Waals surface area contributed by atoms with Crippen LogP contribution in [0.3, 0.4) is 0 Å². The fourth-order valence-corrected chi connectivity index (χ4v) is 7.53. The lowest BCUT2D eigenvalue weighted by Gasteiger charge is -2.46. The van der Waals surface area contributed by atoms with Crippen LogP contribution in [0, 0.1) is 5.41 Å². The first kappa shape index (κ1) is 44.3. The molecule has 2 N–H and O–H groups in total. The molecule has 2 fully saturated rings. The quantitative estimate of drug-likeness (QED) is 0.0768. The van der Waals surface area contributed by atoms with E-state index in [0.717, 1.165) is 27.8 Å². The van der Waals surface area contributed by atoms with Crippen molar-refractivity contribution in [2.24, 2.45) is 5.41 Å². The summed E-state index contributed by atoms with van der Waals surface area (Å²) in [6.45, 7) is 7.40. The second-order valence-corrected chi connectivity index (χ2v) is 16.6. The molecule has 2 aliphatic heterocycles. The average molecular weight is 829 g/mol. The molecule has 7 rings (SSSR count). The highest BCUT2D eigenvalue weighted by molar-refractivity contribution is 5.82. The van der Waals surface area contributed by atoms with E-state index in [0.29, 0.717) is 45.8 Å². The van der Waals surface area contributed by atoms with Crippen LogP contribution in [0.1, 0.15) is 48.1 Å². The van der Waals surface area contributed by atoms with E-state index in [2.05, 4.69) is 24.5 Å². The summed E-state index contributed by atoms with van der Waals surface area (Å²) in [5.41, 5.74) is 4.99. The summed E-state index contributed by atoms with van der Waals surface area (Å²) in [5, 5.41) is 6.92. The maximum atomic E-state index is 14.9. The van der Waals surface area contributed by atoms with Gasteiger partial charge in [0.15, 0.2) is 12.6 Å². The van der Waals surface area contributed by atoms with Crippen molar-refractivity contribution < 1.29 is 38.0 Å². The predicted octanol–water partition coefficient (Wildman–Crippen LogP) is 7.79. The van der Waals surface area contributed by atoms with E-state index in [1.165, 1.54) is 0 Å². The maximum absolute atomic E-state index is 14.9. The molecule has 61 heavy (non-hydrogen) atoms. The van der Waals surface area contributed by atoms with Crippen molar-refractivity contribution in [3.63, 3.8) is 0 Å². The molecule has 5 aromatic rings. The molecule has 2 aliphatic rings. The second kappa shape index (κ2) is 22.9. The van der Waals surface area contributed by atoms with Crippen molar-refractivity contribution in [3.8, 4) is 0 Å². The van der Waals surface area contributed by atoms with Gasteiger partial charge in [-0.1, -0.05) is 166 Å². The summed E-state index contributed by atoms with van der Waals surface area (Å²) in [5.74, 6) is -0.216. The first-order chi connectivity index (χ1) is 29.9. The zero-order chi connectivity index (χ0) is 42.1. The second-order valence-electron chi connectivity index (χ2n) is 16.6. The van der Waals surface area contributed by atoms with E-state index < -0.39 is 36.7 Å². The molecule has 2 heterocycles. The van der Waals surface area contributed by atoms with E-state index in [-0.39, 0.29) is 37.4 Å². The number of carbonyl (C=O) groups excluding carboxylic acids is 1. The molecule has 2 unspecified atom stereocenters. The standard InChI is InChI=1S/C51H60N2O8/c1-51(2)36-59-45(60-37-51)28-29-52-43(30-38-18-8-3-9-19-38)49(54)53-46-48(57-33-41-24-14-6-15-25-41)47(56-32-40-22-12-5-13-23-40)44(35-55-31-39-20-10-4-11-21-39)61-50(46)58-34-42-26-16-7-17-27-42/h3-27,43-48,50,52H,28-37H2,1-2H3,(H,53,54)/t43-,44?,46+,47+,48+,50?/m0/s1. The molecular weight excluding hydrogens is 769 g/mol. The lowest BCUT2D eigenvalue weighted by molar-refractivity contribution is -0.293. The van der Waals surface area contributed by atoms with Crippen molar-refractivity contribution in [3.05, 3.63) is 179 Å². The van der Waals surface area contributed by atoms with Crippen molar-refractivity contribution >= 4 is 5.91 Å². The molecule has 0 radical (unpaired) electrons. The summed E-state index contributed by atoms with van der Waals surface area (Å²) < 4.78 is 45.7. The van der Waals surface area contributed by atoms with E-state index in [1.54, 1.807) is 0 Å². The number of hydrogen-bond acceptors (Lipinski definition) is 9. The number of benzene rings is 5. The summed E-state index contributed by atoms with van der Waals surface area (Å²) in [6, 6.07) is 48.6. The van der Waals surface area contributed by atoms with Gasteiger partial charge in [-0.2, -0.15) is 0 Å². The minimum atomic E-state index is -0.920. The summed E-state index contributed by atoms with van der Waals surface area (Å²) in [4.78, 5) is 14.9. The van der Waals surface area contributed by atoms with E-state index in [4.69, 9.17) is 33.2 Å². The maximum Gasteiger partial charge on any atom is 0.237 e. The SMILES string of the molecule is CC1(C)COC(CCN[C@@H](Cc2ccccc2)C(=O)N[C@H]2C(OCc3ccccc3)OC(COCc3ccccc3)[C@@H](OCc3ccccc3)[C@@H]2OCc2ccccc2)OC1. The third-order valence-corrected chi connectivity index (χ3v) is 10.9. The highest BCUT2D eigenvalue weighted by atomic mass is 16.7. The largest absolute Gasteiger partial charge is 0.374 e. The van der Waals surface area contributed by atoms with E-state index >= 15 is 0 Å². The number of rotatable bonds is 21. The van der Waals surface area contributed by atoms with Gasteiger partial charge >= 0.3 is 0 Å². The fraction of sp³-hybridized carbons (Fsp3) is 0.392. The minimum Gasteiger partial charge on any atom is -0.374 e. The summed E-state index contributed by atoms with van der Waals surface area (Å²) in [7, 11) is 0. The zero-order valence-electron chi connectivity index (χ0n) is 35.3. The third-order valence-electron chi connectivity index (χ3n) is 10.9. The zero-order valence-corrected chi connectivity index (χ0v) is 35.3. The Bertz CT molecular complexity index is 1980. The molecule has 0 bridgehead atoms. The fourth-order valence-electron chi connectivity index (χ4n) is 7.53.